The van der Waals surface area contributed by atoms with Crippen LogP contribution in [0.2, 0.25) is 0 Å². The van der Waals surface area contributed by atoms with E-state index in [0.29, 0.717) is 30.3 Å². The Morgan fingerprint density at radius 2 is 1.92 bits per heavy atom. The Morgan fingerprint density at radius 3 is 2.67 bits per heavy atom. The molecule has 0 aromatic carbocycles. The van der Waals surface area contributed by atoms with Crippen LogP contribution < -0.4 is 0 Å². The van der Waals surface area contributed by atoms with E-state index in [1.165, 1.54) is 12.0 Å². The maximum absolute atomic E-state index is 13.7. The molecule has 6 rings (SSSR count). The number of carbonyl (C=O) groups excluding carboxylic acids is 2. The summed E-state index contributed by atoms with van der Waals surface area (Å²) in [5.41, 5.74) is 0.625. The molecule has 0 bridgehead atoms. The molecule has 11 atom stereocenters. The molecule has 2 aliphatic heterocycles. The molecule has 1 saturated heterocycles. The second-order valence-corrected chi connectivity index (χ2v) is 14.4. The van der Waals surface area contributed by atoms with Gasteiger partial charge < -0.3 is 14.6 Å². The molecule has 4 fully saturated rings. The van der Waals surface area contributed by atoms with Crippen molar-refractivity contribution in [3.63, 3.8) is 0 Å². The summed E-state index contributed by atoms with van der Waals surface area (Å²) in [6.07, 6.45) is 8.83. The van der Waals surface area contributed by atoms with Gasteiger partial charge in [0.1, 0.15) is 17.8 Å². The molecular weight excluding hydrogens is 472 g/mol. The Bertz CT molecular complexity index is 1030. The van der Waals surface area contributed by atoms with Gasteiger partial charge in [-0.3, -0.25) is 4.79 Å². The standard InChI is InChI=1S/C30H42O5S/c1-16-14-23(35-27(33)17(16)2)18(3)20-6-7-21-19-15-26-30(34-12-13-36-26)25(32)9-8-24(31)29(30,5)22(19)10-11-28(20,21)4/h8-9,18-23,25-26,32H,6-7,10-15H2,1-5H3/t18-,19-,20+,21-,22-,23+,25-,26-,28+,29-,30+/m0/s1. The van der Waals surface area contributed by atoms with Crippen LogP contribution >= 0.6 is 11.8 Å². The van der Waals surface area contributed by atoms with Crippen molar-refractivity contribution < 1.29 is 24.2 Å². The van der Waals surface area contributed by atoms with E-state index in [2.05, 4.69) is 27.7 Å². The minimum Gasteiger partial charge on any atom is -0.458 e. The predicted octanol–water partition coefficient (Wildman–Crippen LogP) is 5.11. The molecule has 1 N–H and O–H groups in total. The fraction of sp³-hybridized carbons (Fsp3) is 0.800. The van der Waals surface area contributed by atoms with E-state index in [9.17, 15) is 14.7 Å². The van der Waals surface area contributed by atoms with Crippen LogP contribution in [0.3, 0.4) is 0 Å². The van der Waals surface area contributed by atoms with Crippen molar-refractivity contribution >= 4 is 23.5 Å². The number of aliphatic hydroxyl groups excluding tert-OH is 1. The molecule has 0 radical (unpaired) electrons. The molecule has 36 heavy (non-hydrogen) atoms. The molecule has 0 amide bonds. The number of esters is 1. The molecule has 6 heteroatoms. The van der Waals surface area contributed by atoms with Crippen molar-refractivity contribution in [2.75, 3.05) is 12.4 Å². The number of cyclic esters (lactones) is 1. The average molecular weight is 515 g/mol. The summed E-state index contributed by atoms with van der Waals surface area (Å²) in [6.45, 7) is 11.5. The monoisotopic (exact) mass is 514 g/mol. The van der Waals surface area contributed by atoms with Gasteiger partial charge in [-0.1, -0.05) is 19.4 Å². The third kappa shape index (κ3) is 3.10. The summed E-state index contributed by atoms with van der Waals surface area (Å²) in [4.78, 5) is 26.2. The SMILES string of the molecule is CC1=C(C)C(=O)O[C@@H]([C@@H](C)[C@H]2CC[C@H]3[C@@H]4C[C@@H]5SCCO[C@]56[C@@H](O)C=CC(=O)[C@]6(C)[C@H]4CC[C@]23C)C1. The van der Waals surface area contributed by atoms with Gasteiger partial charge in [0.05, 0.1) is 12.0 Å². The lowest BCUT2D eigenvalue weighted by atomic mass is 9.42. The number of ketones is 1. The first-order chi connectivity index (χ1) is 17.1. The van der Waals surface area contributed by atoms with E-state index in [-0.39, 0.29) is 34.4 Å². The predicted molar refractivity (Wildman–Crippen MR) is 140 cm³/mol. The van der Waals surface area contributed by atoms with Gasteiger partial charge in [-0.05, 0) is 100 Å². The van der Waals surface area contributed by atoms with Gasteiger partial charge >= 0.3 is 5.97 Å². The molecular formula is C30H42O5S. The van der Waals surface area contributed by atoms with Crippen LogP contribution in [0.25, 0.3) is 0 Å². The number of hydrogen-bond acceptors (Lipinski definition) is 6. The minimum atomic E-state index is -0.806. The van der Waals surface area contributed by atoms with Gasteiger partial charge in [0.2, 0.25) is 0 Å². The van der Waals surface area contributed by atoms with Crippen LogP contribution in [0.4, 0.5) is 0 Å². The van der Waals surface area contributed by atoms with E-state index >= 15 is 0 Å². The number of ether oxygens (including phenoxy) is 2. The van der Waals surface area contributed by atoms with Gasteiger partial charge in [0, 0.05) is 23.0 Å². The molecule has 0 aromatic rings. The number of hydrogen-bond donors (Lipinski definition) is 1. The number of fused-ring (bicyclic) bond motifs is 4. The van der Waals surface area contributed by atoms with Crippen LogP contribution in [-0.4, -0.2) is 52.3 Å². The van der Waals surface area contributed by atoms with E-state index in [1.54, 1.807) is 12.2 Å². The van der Waals surface area contributed by atoms with E-state index in [1.807, 2.05) is 18.7 Å². The molecule has 198 valence electrons. The summed E-state index contributed by atoms with van der Waals surface area (Å²) < 4.78 is 12.5. The van der Waals surface area contributed by atoms with Crippen molar-refractivity contribution in [1.29, 1.82) is 0 Å². The first-order valence-electron chi connectivity index (χ1n) is 14.1. The molecule has 6 aliphatic rings. The van der Waals surface area contributed by atoms with Gasteiger partial charge in [-0.25, -0.2) is 4.79 Å². The zero-order valence-corrected chi connectivity index (χ0v) is 23.2. The van der Waals surface area contributed by atoms with Crippen molar-refractivity contribution in [3.05, 3.63) is 23.3 Å². The Balaban J connectivity index is 1.32. The second-order valence-electron chi connectivity index (χ2n) is 13.1. The topological polar surface area (TPSA) is 72.8 Å². The third-order valence-corrected chi connectivity index (χ3v) is 13.4. The first-order valence-corrected chi connectivity index (χ1v) is 15.1. The fourth-order valence-corrected chi connectivity index (χ4v) is 11.5. The van der Waals surface area contributed by atoms with Crippen molar-refractivity contribution in [2.24, 2.45) is 40.4 Å². The lowest BCUT2D eigenvalue weighted by Gasteiger charge is -2.67. The van der Waals surface area contributed by atoms with Crippen LogP contribution in [-0.2, 0) is 19.1 Å². The summed E-state index contributed by atoms with van der Waals surface area (Å²) in [6, 6.07) is 0. The van der Waals surface area contributed by atoms with Gasteiger partial charge in [0.25, 0.3) is 0 Å². The van der Waals surface area contributed by atoms with Crippen LogP contribution in [0.5, 0.6) is 0 Å². The molecule has 3 saturated carbocycles. The largest absolute Gasteiger partial charge is 0.458 e. The quantitative estimate of drug-likeness (QED) is 0.516. The first kappa shape index (κ1) is 25.2. The molecule has 5 nitrogen and oxygen atoms in total. The highest BCUT2D eigenvalue weighted by Gasteiger charge is 2.73. The zero-order valence-electron chi connectivity index (χ0n) is 22.4. The number of carbonyl (C=O) groups is 2. The Hall–Kier alpha value is -1.11. The van der Waals surface area contributed by atoms with Crippen molar-refractivity contribution in [1.82, 2.24) is 0 Å². The van der Waals surface area contributed by atoms with Crippen molar-refractivity contribution in [2.45, 2.75) is 96.2 Å². The highest BCUT2D eigenvalue weighted by Crippen LogP contribution is 2.70. The fourth-order valence-electron chi connectivity index (χ4n) is 10.0. The smallest absolute Gasteiger partial charge is 0.333 e. The Morgan fingerprint density at radius 1 is 1.14 bits per heavy atom. The maximum Gasteiger partial charge on any atom is 0.333 e. The van der Waals surface area contributed by atoms with Crippen LogP contribution in [0.15, 0.2) is 23.3 Å². The van der Waals surface area contributed by atoms with E-state index in [4.69, 9.17) is 9.47 Å². The van der Waals surface area contributed by atoms with Crippen molar-refractivity contribution in [3.8, 4) is 0 Å². The van der Waals surface area contributed by atoms with E-state index in [0.717, 1.165) is 43.4 Å². The summed E-state index contributed by atoms with van der Waals surface area (Å²) in [5.74, 6) is 2.98. The molecule has 0 unspecified atom stereocenters. The van der Waals surface area contributed by atoms with Crippen LogP contribution in [0, 0.1) is 40.4 Å². The summed E-state index contributed by atoms with van der Waals surface area (Å²) in [5, 5.41) is 11.4. The average Bonchev–Trinajstić information content (AvgIpc) is 3.21. The second kappa shape index (κ2) is 8.44. The minimum absolute atomic E-state index is 0.0430. The molecule has 0 aromatic heterocycles. The third-order valence-electron chi connectivity index (χ3n) is 12.1. The van der Waals surface area contributed by atoms with Gasteiger partial charge in [-0.2, -0.15) is 11.8 Å². The summed E-state index contributed by atoms with van der Waals surface area (Å²) in [7, 11) is 0. The number of aliphatic hydroxyl groups is 1. The lowest BCUT2D eigenvalue weighted by molar-refractivity contribution is -0.235. The van der Waals surface area contributed by atoms with Gasteiger partial charge in [-0.15, -0.1) is 0 Å². The maximum atomic E-state index is 13.7. The summed E-state index contributed by atoms with van der Waals surface area (Å²) >= 11 is 1.91. The highest BCUT2D eigenvalue weighted by molar-refractivity contribution is 8.00. The Kier molecular flexibility index (Phi) is 5.91. The number of thioether (sulfide) groups is 1. The Labute approximate surface area is 219 Å². The number of rotatable bonds is 2. The lowest BCUT2D eigenvalue weighted by Crippen LogP contribution is -2.75. The van der Waals surface area contributed by atoms with E-state index < -0.39 is 17.1 Å². The van der Waals surface area contributed by atoms with Gasteiger partial charge in [0.15, 0.2) is 5.78 Å². The molecule has 2 heterocycles. The highest BCUT2D eigenvalue weighted by atomic mass is 32.2. The normalized spacial score (nSPS) is 51.1. The molecule has 4 aliphatic carbocycles. The zero-order chi connectivity index (χ0) is 25.6. The van der Waals surface area contributed by atoms with Crippen LogP contribution in [0.1, 0.15) is 73.1 Å². The number of allylic oxidation sites excluding steroid dienone is 1. The molecule has 1 spiro atoms.